The van der Waals surface area contributed by atoms with E-state index in [1.165, 1.54) is 0 Å². The highest BCUT2D eigenvalue weighted by Crippen LogP contribution is 2.13. The number of fused-ring (bicyclic) bond motifs is 1. The molecule has 1 atom stereocenters. The van der Waals surface area contributed by atoms with Crippen molar-refractivity contribution >= 4 is 11.6 Å². The van der Waals surface area contributed by atoms with Crippen LogP contribution in [0.5, 0.6) is 0 Å². The van der Waals surface area contributed by atoms with Crippen LogP contribution >= 0.6 is 0 Å². The van der Waals surface area contributed by atoms with Crippen molar-refractivity contribution < 1.29 is 14.3 Å². The summed E-state index contributed by atoms with van der Waals surface area (Å²) < 4.78 is 13.1. The Kier molecular flexibility index (Phi) is 4.40. The Bertz CT molecular complexity index is 653. The Balaban J connectivity index is 1.68. The summed E-state index contributed by atoms with van der Waals surface area (Å²) in [5.41, 5.74) is 1.50. The molecule has 0 spiro atoms. The number of hydrogen-bond donors (Lipinski definition) is 0. The van der Waals surface area contributed by atoms with Gasteiger partial charge in [0.15, 0.2) is 0 Å². The topological polar surface area (TPSA) is 56.1 Å². The summed E-state index contributed by atoms with van der Waals surface area (Å²) in [7, 11) is 0. The molecule has 22 heavy (non-hydrogen) atoms. The van der Waals surface area contributed by atoms with Crippen LogP contribution in [0.4, 0.5) is 0 Å². The van der Waals surface area contributed by atoms with E-state index < -0.39 is 0 Å². The van der Waals surface area contributed by atoms with Gasteiger partial charge in [-0.2, -0.15) is 0 Å². The maximum Gasteiger partial charge on any atom is 0.255 e. The number of carbonyl (C=O) groups is 1. The Morgan fingerprint density at radius 2 is 2.36 bits per heavy atom. The van der Waals surface area contributed by atoms with Gasteiger partial charge in [0, 0.05) is 31.7 Å². The number of amides is 1. The van der Waals surface area contributed by atoms with Crippen LogP contribution in [-0.4, -0.2) is 58.7 Å². The number of rotatable bonds is 4. The molecule has 1 aliphatic heterocycles. The lowest BCUT2D eigenvalue weighted by Gasteiger charge is -2.33. The minimum atomic E-state index is -0.0583. The summed E-state index contributed by atoms with van der Waals surface area (Å²) in [4.78, 5) is 18.7. The van der Waals surface area contributed by atoms with Gasteiger partial charge in [-0.3, -0.25) is 4.79 Å². The minimum absolute atomic E-state index is 0.0217. The van der Waals surface area contributed by atoms with Crippen molar-refractivity contribution in [1.29, 1.82) is 0 Å². The number of hydrogen-bond acceptors (Lipinski definition) is 4. The molecule has 3 heterocycles. The highest BCUT2D eigenvalue weighted by molar-refractivity contribution is 5.94. The number of morpholine rings is 1. The summed E-state index contributed by atoms with van der Waals surface area (Å²) in [5.74, 6) is 0.0217. The van der Waals surface area contributed by atoms with Crippen LogP contribution in [0.25, 0.3) is 5.65 Å². The monoisotopic (exact) mass is 303 g/mol. The Labute approximate surface area is 129 Å². The van der Waals surface area contributed by atoms with Crippen LogP contribution in [0, 0.1) is 0 Å². The molecule has 1 amide bonds. The first-order valence-corrected chi connectivity index (χ1v) is 7.58. The summed E-state index contributed by atoms with van der Waals surface area (Å²) >= 11 is 0. The van der Waals surface area contributed by atoms with Crippen LogP contribution in [0.15, 0.2) is 30.7 Å². The molecule has 1 fully saturated rings. The summed E-state index contributed by atoms with van der Waals surface area (Å²) in [6, 6.07) is 3.67. The number of nitrogens with zero attached hydrogens (tertiary/aromatic N) is 3. The zero-order valence-electron chi connectivity index (χ0n) is 12.9. The quantitative estimate of drug-likeness (QED) is 0.861. The zero-order valence-corrected chi connectivity index (χ0v) is 12.9. The first kappa shape index (κ1) is 15.0. The van der Waals surface area contributed by atoms with Gasteiger partial charge in [-0.05, 0) is 26.0 Å². The third-order valence-corrected chi connectivity index (χ3v) is 3.68. The summed E-state index contributed by atoms with van der Waals surface area (Å²) in [6.07, 6.45) is 5.48. The van der Waals surface area contributed by atoms with E-state index >= 15 is 0 Å². The Morgan fingerprint density at radius 1 is 1.50 bits per heavy atom. The average molecular weight is 303 g/mol. The van der Waals surface area contributed by atoms with Crippen LogP contribution < -0.4 is 0 Å². The maximum atomic E-state index is 12.6. The molecule has 0 aliphatic carbocycles. The van der Waals surface area contributed by atoms with Gasteiger partial charge in [-0.25, -0.2) is 4.98 Å². The van der Waals surface area contributed by atoms with Crippen molar-refractivity contribution in [2.45, 2.75) is 26.1 Å². The lowest BCUT2D eigenvalue weighted by Crippen LogP contribution is -2.47. The van der Waals surface area contributed by atoms with Crippen molar-refractivity contribution in [3.8, 4) is 0 Å². The summed E-state index contributed by atoms with van der Waals surface area (Å²) in [5, 5.41) is 0. The van der Waals surface area contributed by atoms with Gasteiger partial charge in [0.05, 0.1) is 31.0 Å². The molecule has 2 aromatic heterocycles. The van der Waals surface area contributed by atoms with Gasteiger partial charge in [0.2, 0.25) is 0 Å². The van der Waals surface area contributed by atoms with Crippen molar-refractivity contribution in [1.82, 2.24) is 14.3 Å². The predicted molar refractivity (Wildman–Crippen MR) is 81.9 cm³/mol. The fourth-order valence-electron chi connectivity index (χ4n) is 2.53. The molecule has 1 saturated heterocycles. The highest BCUT2D eigenvalue weighted by atomic mass is 16.5. The molecule has 3 rings (SSSR count). The second kappa shape index (κ2) is 6.46. The SMILES string of the molecule is CC(C)OCC1CN(C(=O)c2ccc3nccn3c2)CCO1. The fraction of sp³-hybridized carbons (Fsp3) is 0.500. The number of carbonyl (C=O) groups excluding carboxylic acids is 1. The maximum absolute atomic E-state index is 12.6. The highest BCUT2D eigenvalue weighted by Gasteiger charge is 2.25. The van der Waals surface area contributed by atoms with E-state index in [1.807, 2.05) is 47.7 Å². The largest absolute Gasteiger partial charge is 0.376 e. The molecular weight excluding hydrogens is 282 g/mol. The number of ether oxygens (including phenoxy) is 2. The lowest BCUT2D eigenvalue weighted by molar-refractivity contribution is -0.0725. The van der Waals surface area contributed by atoms with Crippen LogP contribution in [0.3, 0.4) is 0 Å². The van der Waals surface area contributed by atoms with Gasteiger partial charge < -0.3 is 18.8 Å². The van der Waals surface area contributed by atoms with E-state index in [2.05, 4.69) is 4.98 Å². The van der Waals surface area contributed by atoms with Crippen molar-refractivity contribution in [2.24, 2.45) is 0 Å². The Morgan fingerprint density at radius 3 is 3.18 bits per heavy atom. The lowest BCUT2D eigenvalue weighted by atomic mass is 10.2. The van der Waals surface area contributed by atoms with E-state index in [4.69, 9.17) is 9.47 Å². The van der Waals surface area contributed by atoms with E-state index in [0.29, 0.717) is 31.9 Å². The van der Waals surface area contributed by atoms with Gasteiger partial charge in [-0.1, -0.05) is 0 Å². The van der Waals surface area contributed by atoms with Crippen molar-refractivity contribution in [2.75, 3.05) is 26.3 Å². The molecule has 118 valence electrons. The molecule has 6 heteroatoms. The smallest absolute Gasteiger partial charge is 0.255 e. The first-order chi connectivity index (χ1) is 10.6. The Hall–Kier alpha value is -1.92. The third-order valence-electron chi connectivity index (χ3n) is 3.68. The molecule has 0 aromatic carbocycles. The first-order valence-electron chi connectivity index (χ1n) is 7.58. The molecule has 1 aliphatic rings. The molecule has 6 nitrogen and oxygen atoms in total. The van der Waals surface area contributed by atoms with Crippen molar-refractivity contribution in [3.05, 3.63) is 36.3 Å². The predicted octanol–water partition coefficient (Wildman–Crippen LogP) is 1.60. The molecule has 0 bridgehead atoms. The van der Waals surface area contributed by atoms with Gasteiger partial charge in [0.25, 0.3) is 5.91 Å². The van der Waals surface area contributed by atoms with Gasteiger partial charge in [0.1, 0.15) is 5.65 Å². The molecule has 0 N–H and O–H groups in total. The second-order valence-electron chi connectivity index (χ2n) is 5.74. The van der Waals surface area contributed by atoms with E-state index in [-0.39, 0.29) is 18.1 Å². The van der Waals surface area contributed by atoms with Crippen LogP contribution in [-0.2, 0) is 9.47 Å². The van der Waals surface area contributed by atoms with Gasteiger partial charge in [-0.15, -0.1) is 0 Å². The molecule has 1 unspecified atom stereocenters. The number of pyridine rings is 1. The normalized spacial score (nSPS) is 19.0. The third kappa shape index (κ3) is 3.28. The molecule has 0 radical (unpaired) electrons. The fourth-order valence-corrected chi connectivity index (χ4v) is 2.53. The molecule has 0 saturated carbocycles. The number of aromatic nitrogens is 2. The van der Waals surface area contributed by atoms with Gasteiger partial charge >= 0.3 is 0 Å². The van der Waals surface area contributed by atoms with E-state index in [1.54, 1.807) is 6.20 Å². The summed E-state index contributed by atoms with van der Waals surface area (Å²) in [6.45, 7) is 6.22. The number of imidazole rings is 1. The second-order valence-corrected chi connectivity index (χ2v) is 5.74. The average Bonchev–Trinajstić information content (AvgIpc) is 3.00. The van der Waals surface area contributed by atoms with E-state index in [9.17, 15) is 4.79 Å². The van der Waals surface area contributed by atoms with Crippen LogP contribution in [0.1, 0.15) is 24.2 Å². The minimum Gasteiger partial charge on any atom is -0.376 e. The zero-order chi connectivity index (χ0) is 15.5. The van der Waals surface area contributed by atoms with Crippen LogP contribution in [0.2, 0.25) is 0 Å². The standard InChI is InChI=1S/C16H21N3O3/c1-12(2)22-11-14-10-19(7-8-21-14)16(20)13-3-4-15-17-5-6-18(15)9-13/h3-6,9,12,14H,7-8,10-11H2,1-2H3. The van der Waals surface area contributed by atoms with E-state index in [0.717, 1.165) is 5.65 Å². The molecular formula is C16H21N3O3. The van der Waals surface area contributed by atoms with Crippen molar-refractivity contribution in [3.63, 3.8) is 0 Å². The molecule has 2 aromatic rings.